The lowest BCUT2D eigenvalue weighted by Crippen LogP contribution is -2.45. The van der Waals surface area contributed by atoms with Gasteiger partial charge < -0.3 is 14.8 Å². The summed E-state index contributed by atoms with van der Waals surface area (Å²) in [7, 11) is -3.94. The lowest BCUT2D eigenvalue weighted by atomic mass is 10.2. The van der Waals surface area contributed by atoms with Crippen LogP contribution in [-0.2, 0) is 14.8 Å². The van der Waals surface area contributed by atoms with Gasteiger partial charge in [-0.05, 0) is 48.5 Å². The van der Waals surface area contributed by atoms with Gasteiger partial charge in [-0.1, -0.05) is 46.3 Å². The number of amides is 1. The van der Waals surface area contributed by atoms with Crippen molar-refractivity contribution in [2.45, 2.75) is 11.0 Å². The molecule has 4 rings (SSSR count). The van der Waals surface area contributed by atoms with Crippen molar-refractivity contribution in [3.05, 3.63) is 83.3 Å². The summed E-state index contributed by atoms with van der Waals surface area (Å²) in [6.07, 6.45) is -0.374. The molecule has 0 aromatic heterocycles. The number of sulfonamides is 1. The third-order valence-corrected chi connectivity index (χ3v) is 7.14. The van der Waals surface area contributed by atoms with Crippen molar-refractivity contribution < 1.29 is 22.7 Å². The third-order valence-electron chi connectivity index (χ3n) is 4.83. The molecule has 0 radical (unpaired) electrons. The van der Waals surface area contributed by atoms with Gasteiger partial charge in [0.05, 0.1) is 17.1 Å². The minimum absolute atomic E-state index is 0.108. The van der Waals surface area contributed by atoms with Gasteiger partial charge in [0, 0.05) is 4.47 Å². The zero-order valence-corrected chi connectivity index (χ0v) is 19.4. The number of nitrogens with one attached hydrogen (secondary N) is 1. The van der Waals surface area contributed by atoms with Crippen molar-refractivity contribution in [2.75, 3.05) is 24.0 Å². The van der Waals surface area contributed by atoms with Crippen LogP contribution in [-0.4, -0.2) is 40.1 Å². The molecule has 0 aliphatic carbocycles. The predicted octanol–water partition coefficient (Wildman–Crippen LogP) is 3.60. The first-order valence-electron chi connectivity index (χ1n) is 9.92. The van der Waals surface area contributed by atoms with Crippen molar-refractivity contribution in [1.82, 2.24) is 5.32 Å². The molecule has 1 amide bonds. The Morgan fingerprint density at radius 2 is 1.62 bits per heavy atom. The fraction of sp³-hybridized carbons (Fsp3) is 0.174. The molecule has 3 aromatic carbocycles. The van der Waals surface area contributed by atoms with Crippen LogP contribution in [0.1, 0.15) is 0 Å². The number of benzene rings is 3. The van der Waals surface area contributed by atoms with Gasteiger partial charge in [0.15, 0.2) is 11.5 Å². The quantitative estimate of drug-likeness (QED) is 0.518. The van der Waals surface area contributed by atoms with Crippen molar-refractivity contribution in [3.63, 3.8) is 0 Å². The number of carbonyl (C=O) groups excluding carboxylic acids is 1. The number of fused-ring (bicyclic) bond motifs is 1. The summed E-state index contributed by atoms with van der Waals surface area (Å²) >= 11 is 3.35. The van der Waals surface area contributed by atoms with E-state index in [1.54, 1.807) is 48.5 Å². The van der Waals surface area contributed by atoms with Gasteiger partial charge >= 0.3 is 0 Å². The van der Waals surface area contributed by atoms with Gasteiger partial charge in [0.1, 0.15) is 19.3 Å². The minimum Gasteiger partial charge on any atom is -0.486 e. The van der Waals surface area contributed by atoms with Gasteiger partial charge in [-0.15, -0.1) is 0 Å². The van der Waals surface area contributed by atoms with Gasteiger partial charge in [-0.3, -0.25) is 9.10 Å². The Hall–Kier alpha value is -3.04. The molecule has 0 saturated carbocycles. The molecule has 1 aliphatic heterocycles. The maximum atomic E-state index is 13.3. The second kappa shape index (κ2) is 9.62. The molecule has 0 spiro atoms. The molecule has 166 valence electrons. The highest BCUT2D eigenvalue weighted by Crippen LogP contribution is 2.30. The fourth-order valence-electron chi connectivity index (χ4n) is 3.22. The Balaban J connectivity index is 1.47. The summed E-state index contributed by atoms with van der Waals surface area (Å²) in [6, 6.07) is 22.1. The number of anilines is 1. The molecule has 1 heterocycles. The zero-order valence-electron chi connectivity index (χ0n) is 17.0. The number of ether oxygens (including phenoxy) is 2. The topological polar surface area (TPSA) is 84.9 Å². The van der Waals surface area contributed by atoms with Crippen LogP contribution >= 0.6 is 15.9 Å². The molecular formula is C23H21BrN2O5S. The Bertz CT molecular complexity index is 1190. The largest absolute Gasteiger partial charge is 0.486 e. The summed E-state index contributed by atoms with van der Waals surface area (Å²) in [5, 5.41) is 2.76. The van der Waals surface area contributed by atoms with E-state index < -0.39 is 15.9 Å². The van der Waals surface area contributed by atoms with Crippen LogP contribution in [0.2, 0.25) is 0 Å². The van der Waals surface area contributed by atoms with Crippen molar-refractivity contribution in [1.29, 1.82) is 0 Å². The molecule has 0 fully saturated rings. The zero-order chi connectivity index (χ0) is 22.6. The normalized spacial score (nSPS) is 15.1. The standard InChI is InChI=1S/C23H21BrN2O5S/c24-17-10-12-18(13-11-17)26(32(28,29)20-6-2-1-3-7-20)15-23(27)25-14-19-16-30-21-8-4-5-9-22(21)31-19/h1-13,19H,14-16H2,(H,25,27). The molecule has 3 aromatic rings. The fourth-order valence-corrected chi connectivity index (χ4v) is 4.93. The molecule has 0 saturated heterocycles. The van der Waals surface area contributed by atoms with Gasteiger partial charge in [-0.25, -0.2) is 8.42 Å². The van der Waals surface area contributed by atoms with Crippen molar-refractivity contribution in [3.8, 4) is 11.5 Å². The molecule has 9 heteroatoms. The molecule has 7 nitrogen and oxygen atoms in total. The van der Waals surface area contributed by atoms with E-state index in [2.05, 4.69) is 21.2 Å². The molecule has 32 heavy (non-hydrogen) atoms. The minimum atomic E-state index is -3.94. The average Bonchev–Trinajstić information content (AvgIpc) is 2.82. The lowest BCUT2D eigenvalue weighted by molar-refractivity contribution is -0.120. The smallest absolute Gasteiger partial charge is 0.264 e. The molecule has 1 unspecified atom stereocenters. The first-order valence-corrected chi connectivity index (χ1v) is 12.2. The summed E-state index contributed by atoms with van der Waals surface area (Å²) < 4.78 is 40.0. The molecule has 1 aliphatic rings. The highest BCUT2D eigenvalue weighted by Gasteiger charge is 2.28. The van der Waals surface area contributed by atoms with E-state index in [9.17, 15) is 13.2 Å². The Kier molecular flexibility index (Phi) is 6.66. The van der Waals surface area contributed by atoms with E-state index in [1.807, 2.05) is 18.2 Å². The summed E-state index contributed by atoms with van der Waals surface area (Å²) in [4.78, 5) is 12.8. The maximum Gasteiger partial charge on any atom is 0.264 e. The van der Waals surface area contributed by atoms with Gasteiger partial charge in [0.25, 0.3) is 10.0 Å². The Morgan fingerprint density at radius 3 is 2.34 bits per heavy atom. The SMILES string of the molecule is O=C(CN(c1ccc(Br)cc1)S(=O)(=O)c1ccccc1)NCC1COc2ccccc2O1. The number of nitrogens with zero attached hydrogens (tertiary/aromatic N) is 1. The number of hydrogen-bond donors (Lipinski definition) is 1. The van der Waals surface area contributed by atoms with Crippen molar-refractivity contribution in [2.24, 2.45) is 0 Å². The molecular weight excluding hydrogens is 496 g/mol. The van der Waals surface area contributed by atoms with Crippen LogP contribution in [0.4, 0.5) is 5.69 Å². The summed E-state index contributed by atoms with van der Waals surface area (Å²) in [5.74, 6) is 0.821. The van der Waals surface area contributed by atoms with E-state index in [0.29, 0.717) is 17.2 Å². The van der Waals surface area contributed by atoms with Crippen LogP contribution in [0.5, 0.6) is 11.5 Å². The Morgan fingerprint density at radius 1 is 0.969 bits per heavy atom. The highest BCUT2D eigenvalue weighted by atomic mass is 79.9. The third kappa shape index (κ3) is 5.05. The first kappa shape index (κ1) is 22.2. The van der Waals surface area contributed by atoms with Crippen molar-refractivity contribution >= 4 is 37.5 Å². The van der Waals surface area contributed by atoms with E-state index in [1.165, 1.54) is 12.1 Å². The van der Waals surface area contributed by atoms with E-state index in [4.69, 9.17) is 9.47 Å². The second-order valence-corrected chi connectivity index (χ2v) is 9.88. The van der Waals surface area contributed by atoms with Gasteiger partial charge in [0.2, 0.25) is 5.91 Å². The van der Waals surface area contributed by atoms with Crippen LogP contribution in [0.15, 0.2) is 88.2 Å². The number of halogens is 1. The average molecular weight is 517 g/mol. The predicted molar refractivity (Wildman–Crippen MR) is 124 cm³/mol. The maximum absolute atomic E-state index is 13.3. The second-order valence-electron chi connectivity index (χ2n) is 7.10. The van der Waals surface area contributed by atoms with Crippen LogP contribution in [0.3, 0.4) is 0 Å². The highest BCUT2D eigenvalue weighted by molar-refractivity contribution is 9.10. The molecule has 1 N–H and O–H groups in total. The van der Waals surface area contributed by atoms with E-state index >= 15 is 0 Å². The number of hydrogen-bond acceptors (Lipinski definition) is 5. The van der Waals surface area contributed by atoms with Crippen LogP contribution in [0.25, 0.3) is 0 Å². The monoisotopic (exact) mass is 516 g/mol. The summed E-state index contributed by atoms with van der Waals surface area (Å²) in [5.41, 5.74) is 0.387. The molecule has 0 bridgehead atoms. The number of rotatable bonds is 7. The van der Waals surface area contributed by atoms with Crippen LogP contribution in [0, 0.1) is 0 Å². The first-order chi connectivity index (χ1) is 15.4. The lowest BCUT2D eigenvalue weighted by Gasteiger charge is -2.27. The van der Waals surface area contributed by atoms with E-state index in [0.717, 1.165) is 8.78 Å². The number of para-hydroxylation sites is 2. The Labute approximate surface area is 195 Å². The van der Waals surface area contributed by atoms with E-state index in [-0.39, 0.29) is 30.7 Å². The summed E-state index contributed by atoms with van der Waals surface area (Å²) in [6.45, 7) is 0.103. The number of carbonyl (C=O) groups is 1. The molecule has 1 atom stereocenters. The van der Waals surface area contributed by atoms with Gasteiger partial charge in [-0.2, -0.15) is 0 Å². The van der Waals surface area contributed by atoms with Crippen LogP contribution < -0.4 is 19.1 Å².